The molecule has 2 aromatic rings. The first-order valence-corrected chi connectivity index (χ1v) is 7.50. The summed E-state index contributed by atoms with van der Waals surface area (Å²) >= 11 is 8.42. The molecule has 1 aromatic carbocycles. The van der Waals surface area contributed by atoms with Gasteiger partial charge in [-0.25, -0.2) is 8.78 Å². The minimum atomic E-state index is -0.835. The van der Waals surface area contributed by atoms with Gasteiger partial charge in [0.05, 0.1) is 13.6 Å². The van der Waals surface area contributed by atoms with Crippen LogP contribution in [-0.4, -0.2) is 7.05 Å². The fourth-order valence-electron chi connectivity index (χ4n) is 1.74. The van der Waals surface area contributed by atoms with Crippen LogP contribution in [0.15, 0.2) is 31.8 Å². The maximum absolute atomic E-state index is 13.3. The van der Waals surface area contributed by atoms with Crippen LogP contribution in [0, 0.1) is 11.6 Å². The molecule has 1 heterocycles. The summed E-state index contributed by atoms with van der Waals surface area (Å²) in [4.78, 5) is 0. The van der Waals surface area contributed by atoms with E-state index in [2.05, 4.69) is 37.2 Å². The molecule has 0 aliphatic carbocycles. The van der Waals surface area contributed by atoms with Crippen LogP contribution in [0.4, 0.5) is 8.78 Å². The second kappa shape index (κ2) is 5.77. The van der Waals surface area contributed by atoms with Gasteiger partial charge < -0.3 is 5.32 Å². The molecule has 1 aromatic heterocycles. The molecule has 0 aliphatic heterocycles. The lowest BCUT2D eigenvalue weighted by molar-refractivity contribution is 0.505. The van der Waals surface area contributed by atoms with Gasteiger partial charge in [0.1, 0.15) is 0 Å². The van der Waals surface area contributed by atoms with Crippen LogP contribution >= 0.6 is 43.2 Å². The summed E-state index contributed by atoms with van der Waals surface area (Å²) < 4.78 is 28.2. The van der Waals surface area contributed by atoms with Gasteiger partial charge >= 0.3 is 0 Å². The molecule has 0 saturated heterocycles. The lowest BCUT2D eigenvalue weighted by Crippen LogP contribution is -2.17. The normalized spacial score (nSPS) is 12.7. The Hall–Kier alpha value is -0.300. The Morgan fingerprint density at radius 2 is 1.89 bits per heavy atom. The van der Waals surface area contributed by atoms with E-state index in [0.717, 1.165) is 19.2 Å². The summed E-state index contributed by atoms with van der Waals surface area (Å²) in [5, 5.41) is 3.10. The third kappa shape index (κ3) is 2.82. The number of rotatable bonds is 3. The van der Waals surface area contributed by atoms with Gasteiger partial charge in [0.15, 0.2) is 11.6 Å². The zero-order chi connectivity index (χ0) is 13.3. The first kappa shape index (κ1) is 14.1. The monoisotopic (exact) mass is 395 g/mol. The predicted octanol–water partition coefficient (Wildman–Crippen LogP) is 4.86. The number of benzene rings is 1. The standard InChI is InChI=1S/C12H9Br2F2NS/c1-17-11(7-5-10(13)18-12(7)14)6-2-3-8(15)9(16)4-6/h2-5,11,17H,1H3. The van der Waals surface area contributed by atoms with Gasteiger partial charge in [-0.3, -0.25) is 0 Å². The number of halogens is 4. The molecule has 18 heavy (non-hydrogen) atoms. The van der Waals surface area contributed by atoms with E-state index in [0.29, 0.717) is 5.56 Å². The molecule has 0 bridgehead atoms. The van der Waals surface area contributed by atoms with E-state index < -0.39 is 11.6 Å². The first-order chi connectivity index (χ1) is 8.52. The van der Waals surface area contributed by atoms with E-state index in [-0.39, 0.29) is 6.04 Å². The van der Waals surface area contributed by atoms with Gasteiger partial charge in [-0.15, -0.1) is 11.3 Å². The number of nitrogens with one attached hydrogen (secondary N) is 1. The molecule has 0 radical (unpaired) electrons. The average molecular weight is 397 g/mol. The van der Waals surface area contributed by atoms with Crippen LogP contribution in [0.5, 0.6) is 0 Å². The predicted molar refractivity (Wildman–Crippen MR) is 77.0 cm³/mol. The van der Waals surface area contributed by atoms with Gasteiger partial charge in [0.2, 0.25) is 0 Å². The van der Waals surface area contributed by atoms with E-state index in [1.54, 1.807) is 24.5 Å². The maximum Gasteiger partial charge on any atom is 0.159 e. The topological polar surface area (TPSA) is 12.0 Å². The van der Waals surface area contributed by atoms with Gasteiger partial charge in [-0.2, -0.15) is 0 Å². The molecule has 0 fully saturated rings. The van der Waals surface area contributed by atoms with Gasteiger partial charge in [-0.1, -0.05) is 6.07 Å². The Morgan fingerprint density at radius 3 is 2.39 bits per heavy atom. The second-order valence-electron chi connectivity index (χ2n) is 3.67. The molecule has 2 rings (SSSR count). The third-order valence-electron chi connectivity index (χ3n) is 2.56. The summed E-state index contributed by atoms with van der Waals surface area (Å²) in [5.41, 5.74) is 1.67. The molecule has 1 unspecified atom stereocenters. The van der Waals surface area contributed by atoms with Crippen molar-refractivity contribution in [3.63, 3.8) is 0 Å². The highest BCUT2D eigenvalue weighted by atomic mass is 79.9. The molecule has 0 amide bonds. The van der Waals surface area contributed by atoms with Crippen molar-refractivity contribution >= 4 is 43.2 Å². The van der Waals surface area contributed by atoms with Crippen LogP contribution < -0.4 is 5.32 Å². The van der Waals surface area contributed by atoms with Crippen molar-refractivity contribution in [2.24, 2.45) is 0 Å². The Morgan fingerprint density at radius 1 is 1.17 bits per heavy atom. The van der Waals surface area contributed by atoms with Crippen molar-refractivity contribution in [2.45, 2.75) is 6.04 Å². The van der Waals surface area contributed by atoms with Crippen molar-refractivity contribution in [3.8, 4) is 0 Å². The quantitative estimate of drug-likeness (QED) is 0.781. The fraction of sp³-hybridized carbons (Fsp3) is 0.167. The van der Waals surface area contributed by atoms with Crippen molar-refractivity contribution in [2.75, 3.05) is 7.05 Å². The molecule has 6 heteroatoms. The highest BCUT2D eigenvalue weighted by molar-refractivity contribution is 9.12. The minimum Gasteiger partial charge on any atom is -0.309 e. The highest BCUT2D eigenvalue weighted by Gasteiger charge is 2.18. The smallest absolute Gasteiger partial charge is 0.159 e. The van der Waals surface area contributed by atoms with Gasteiger partial charge in [-0.05, 0) is 68.2 Å². The highest BCUT2D eigenvalue weighted by Crippen LogP contribution is 2.37. The van der Waals surface area contributed by atoms with Crippen molar-refractivity contribution < 1.29 is 8.78 Å². The Balaban J connectivity index is 2.45. The van der Waals surface area contributed by atoms with Gasteiger partial charge in [0.25, 0.3) is 0 Å². The van der Waals surface area contributed by atoms with E-state index in [9.17, 15) is 8.78 Å². The molecule has 0 spiro atoms. The molecular weight excluding hydrogens is 388 g/mol. The second-order valence-corrected chi connectivity index (χ2v) is 7.42. The lowest BCUT2D eigenvalue weighted by Gasteiger charge is -2.16. The molecule has 0 aliphatic rings. The van der Waals surface area contributed by atoms with Crippen molar-refractivity contribution in [1.82, 2.24) is 5.32 Å². The maximum atomic E-state index is 13.3. The molecular formula is C12H9Br2F2NS. The van der Waals surface area contributed by atoms with E-state index in [4.69, 9.17) is 0 Å². The van der Waals surface area contributed by atoms with Crippen LogP contribution in [0.25, 0.3) is 0 Å². The van der Waals surface area contributed by atoms with Gasteiger partial charge in [0, 0.05) is 0 Å². The zero-order valence-corrected chi connectivity index (χ0v) is 13.3. The van der Waals surface area contributed by atoms with Crippen LogP contribution in [0.1, 0.15) is 17.2 Å². The lowest BCUT2D eigenvalue weighted by atomic mass is 10.0. The largest absolute Gasteiger partial charge is 0.309 e. The number of hydrogen-bond donors (Lipinski definition) is 1. The van der Waals surface area contributed by atoms with Crippen LogP contribution in [0.3, 0.4) is 0 Å². The Bertz CT molecular complexity index is 571. The summed E-state index contributed by atoms with van der Waals surface area (Å²) in [6, 6.07) is 5.71. The molecule has 0 saturated carbocycles. The fourth-order valence-corrected chi connectivity index (χ4v) is 4.65. The molecule has 1 N–H and O–H groups in total. The van der Waals surface area contributed by atoms with Crippen LogP contribution in [-0.2, 0) is 0 Å². The number of thiophene rings is 1. The minimum absolute atomic E-state index is 0.183. The SMILES string of the molecule is CNC(c1ccc(F)c(F)c1)c1cc(Br)sc1Br. The molecule has 96 valence electrons. The summed E-state index contributed by atoms with van der Waals surface area (Å²) in [6.07, 6.45) is 0. The zero-order valence-electron chi connectivity index (χ0n) is 9.31. The Kier molecular flexibility index (Phi) is 4.53. The Labute approximate surface area is 124 Å². The number of hydrogen-bond acceptors (Lipinski definition) is 2. The van der Waals surface area contributed by atoms with E-state index in [1.165, 1.54) is 6.07 Å². The molecule has 1 nitrogen and oxygen atoms in total. The van der Waals surface area contributed by atoms with E-state index in [1.807, 2.05) is 6.07 Å². The van der Waals surface area contributed by atoms with E-state index >= 15 is 0 Å². The van der Waals surface area contributed by atoms with Crippen molar-refractivity contribution in [3.05, 3.63) is 54.6 Å². The summed E-state index contributed by atoms with van der Waals surface area (Å²) in [7, 11) is 1.78. The third-order valence-corrected chi connectivity index (χ3v) is 4.95. The van der Waals surface area contributed by atoms with Crippen LogP contribution in [0.2, 0.25) is 0 Å². The average Bonchev–Trinajstić information content (AvgIpc) is 2.64. The summed E-state index contributed by atoms with van der Waals surface area (Å²) in [6.45, 7) is 0. The van der Waals surface area contributed by atoms with Crippen molar-refractivity contribution in [1.29, 1.82) is 0 Å². The first-order valence-electron chi connectivity index (χ1n) is 5.10. The summed E-state index contributed by atoms with van der Waals surface area (Å²) in [5.74, 6) is -1.67. The molecule has 1 atom stereocenters.